The normalized spacial score (nSPS) is 12.4. The zero-order valence-corrected chi connectivity index (χ0v) is 12.3. The van der Waals surface area contributed by atoms with Crippen molar-refractivity contribution in [2.24, 2.45) is 0 Å². The molecule has 0 fully saturated rings. The van der Waals surface area contributed by atoms with Crippen LogP contribution < -0.4 is 5.32 Å². The molecule has 0 aliphatic heterocycles. The predicted octanol–water partition coefficient (Wildman–Crippen LogP) is 4.72. The standard InChI is InChI=1S/C15H13BrF3N/c1-9(10-4-2-3-5-13(10)17)20-8-11-14(18)7-6-12(16)15(11)19/h2-7,9,20H,8H2,1H3/t9-/m1/s1. The molecule has 0 amide bonds. The molecule has 0 aromatic heterocycles. The molecule has 2 rings (SSSR count). The van der Waals surface area contributed by atoms with E-state index in [0.717, 1.165) is 0 Å². The summed E-state index contributed by atoms with van der Waals surface area (Å²) in [5, 5.41) is 2.92. The molecule has 0 aliphatic carbocycles. The average Bonchev–Trinajstić information content (AvgIpc) is 2.43. The second-order valence-corrected chi connectivity index (χ2v) is 5.30. The van der Waals surface area contributed by atoms with Crippen molar-refractivity contribution in [3.8, 4) is 0 Å². The molecule has 0 aliphatic rings. The minimum atomic E-state index is -0.641. The van der Waals surface area contributed by atoms with Crippen LogP contribution >= 0.6 is 15.9 Å². The highest BCUT2D eigenvalue weighted by Crippen LogP contribution is 2.23. The first-order valence-electron chi connectivity index (χ1n) is 6.11. The summed E-state index contributed by atoms with van der Waals surface area (Å²) in [6.45, 7) is 1.72. The van der Waals surface area contributed by atoms with Crippen LogP contribution in [0.5, 0.6) is 0 Å². The Labute approximate surface area is 123 Å². The van der Waals surface area contributed by atoms with Gasteiger partial charge in [-0.3, -0.25) is 0 Å². The molecular formula is C15H13BrF3N. The summed E-state index contributed by atoms with van der Waals surface area (Å²) in [5.74, 6) is -1.61. The molecule has 0 saturated carbocycles. The van der Waals surface area contributed by atoms with Crippen LogP contribution in [0.3, 0.4) is 0 Å². The van der Waals surface area contributed by atoms with Crippen LogP contribution in [0, 0.1) is 17.5 Å². The largest absolute Gasteiger partial charge is 0.306 e. The van der Waals surface area contributed by atoms with Crippen LogP contribution in [0.25, 0.3) is 0 Å². The zero-order chi connectivity index (χ0) is 14.7. The number of benzene rings is 2. The van der Waals surface area contributed by atoms with Crippen LogP contribution in [0.1, 0.15) is 24.1 Å². The van der Waals surface area contributed by atoms with Gasteiger partial charge in [0.15, 0.2) is 0 Å². The molecule has 0 saturated heterocycles. The van der Waals surface area contributed by atoms with Crippen LogP contribution in [-0.4, -0.2) is 0 Å². The maximum absolute atomic E-state index is 13.8. The molecule has 0 bridgehead atoms. The first-order valence-corrected chi connectivity index (χ1v) is 6.90. The van der Waals surface area contributed by atoms with Crippen molar-refractivity contribution in [3.05, 3.63) is 69.4 Å². The lowest BCUT2D eigenvalue weighted by atomic mass is 10.1. The molecule has 0 spiro atoms. The van der Waals surface area contributed by atoms with E-state index in [-0.39, 0.29) is 28.4 Å². The van der Waals surface area contributed by atoms with E-state index in [9.17, 15) is 13.2 Å². The quantitative estimate of drug-likeness (QED) is 0.792. The summed E-state index contributed by atoms with van der Waals surface area (Å²) in [7, 11) is 0. The lowest BCUT2D eigenvalue weighted by molar-refractivity contribution is 0.493. The van der Waals surface area contributed by atoms with E-state index in [4.69, 9.17) is 0 Å². The van der Waals surface area contributed by atoms with Gasteiger partial charge in [-0.15, -0.1) is 0 Å². The highest BCUT2D eigenvalue weighted by molar-refractivity contribution is 9.10. The van der Waals surface area contributed by atoms with Crippen LogP contribution in [0.15, 0.2) is 40.9 Å². The molecule has 2 aromatic rings. The molecule has 2 aromatic carbocycles. The van der Waals surface area contributed by atoms with Crippen molar-refractivity contribution >= 4 is 15.9 Å². The number of hydrogen-bond acceptors (Lipinski definition) is 1. The first kappa shape index (κ1) is 15.1. The summed E-state index contributed by atoms with van der Waals surface area (Å²) in [5.41, 5.74) is 0.394. The van der Waals surface area contributed by atoms with Gasteiger partial charge in [-0.1, -0.05) is 18.2 Å². The smallest absolute Gasteiger partial charge is 0.144 e. The summed E-state index contributed by atoms with van der Waals surface area (Å²) >= 11 is 3.01. The highest BCUT2D eigenvalue weighted by Gasteiger charge is 2.15. The third-order valence-corrected chi connectivity index (χ3v) is 3.71. The molecule has 1 atom stereocenters. The Morgan fingerprint density at radius 1 is 1.05 bits per heavy atom. The number of halogens is 4. The Morgan fingerprint density at radius 3 is 2.45 bits per heavy atom. The van der Waals surface area contributed by atoms with Gasteiger partial charge in [0.05, 0.1) is 4.47 Å². The van der Waals surface area contributed by atoms with E-state index in [1.807, 2.05) is 0 Å². The van der Waals surface area contributed by atoms with E-state index < -0.39 is 11.6 Å². The number of nitrogens with one attached hydrogen (secondary N) is 1. The zero-order valence-electron chi connectivity index (χ0n) is 10.8. The molecular weight excluding hydrogens is 331 g/mol. The lowest BCUT2D eigenvalue weighted by Gasteiger charge is -2.16. The fourth-order valence-electron chi connectivity index (χ4n) is 1.92. The Hall–Kier alpha value is -1.33. The topological polar surface area (TPSA) is 12.0 Å². The van der Waals surface area contributed by atoms with E-state index in [2.05, 4.69) is 21.2 Å². The SMILES string of the molecule is C[C@@H](NCc1c(F)ccc(Br)c1F)c1ccccc1F. The highest BCUT2D eigenvalue weighted by atomic mass is 79.9. The third-order valence-electron chi connectivity index (χ3n) is 3.10. The van der Waals surface area contributed by atoms with Crippen molar-refractivity contribution in [1.29, 1.82) is 0 Å². The van der Waals surface area contributed by atoms with Crippen molar-refractivity contribution in [3.63, 3.8) is 0 Å². The molecule has 20 heavy (non-hydrogen) atoms. The van der Waals surface area contributed by atoms with Crippen LogP contribution in [0.4, 0.5) is 13.2 Å². The Morgan fingerprint density at radius 2 is 1.75 bits per heavy atom. The van der Waals surface area contributed by atoms with Crippen molar-refractivity contribution in [2.45, 2.75) is 19.5 Å². The van der Waals surface area contributed by atoms with E-state index in [0.29, 0.717) is 5.56 Å². The van der Waals surface area contributed by atoms with Crippen molar-refractivity contribution < 1.29 is 13.2 Å². The van der Waals surface area contributed by atoms with Gasteiger partial charge < -0.3 is 5.32 Å². The first-order chi connectivity index (χ1) is 9.50. The molecule has 0 radical (unpaired) electrons. The summed E-state index contributed by atoms with van der Waals surface area (Å²) in [4.78, 5) is 0. The second kappa shape index (κ2) is 6.41. The van der Waals surface area contributed by atoms with Crippen molar-refractivity contribution in [1.82, 2.24) is 5.32 Å². The predicted molar refractivity (Wildman–Crippen MR) is 75.7 cm³/mol. The summed E-state index contributed by atoms with van der Waals surface area (Å²) in [6, 6.07) is 8.46. The van der Waals surface area contributed by atoms with Crippen LogP contribution in [0.2, 0.25) is 0 Å². The van der Waals surface area contributed by atoms with E-state index >= 15 is 0 Å². The van der Waals surface area contributed by atoms with Gasteiger partial charge in [-0.2, -0.15) is 0 Å². The summed E-state index contributed by atoms with van der Waals surface area (Å²) in [6.07, 6.45) is 0. The molecule has 1 nitrogen and oxygen atoms in total. The Bertz CT molecular complexity index is 616. The lowest BCUT2D eigenvalue weighted by Crippen LogP contribution is -2.20. The maximum atomic E-state index is 13.8. The molecule has 0 unspecified atom stereocenters. The molecule has 1 N–H and O–H groups in total. The van der Waals surface area contributed by atoms with Crippen LogP contribution in [-0.2, 0) is 6.54 Å². The van der Waals surface area contributed by atoms with Crippen molar-refractivity contribution in [2.75, 3.05) is 0 Å². The minimum absolute atomic E-state index is 0.0212. The third kappa shape index (κ3) is 3.22. The Balaban J connectivity index is 2.14. The fraction of sp³-hybridized carbons (Fsp3) is 0.200. The fourth-order valence-corrected chi connectivity index (χ4v) is 2.29. The second-order valence-electron chi connectivity index (χ2n) is 4.45. The van der Waals surface area contributed by atoms with Gasteiger partial charge in [0.1, 0.15) is 17.5 Å². The monoisotopic (exact) mass is 343 g/mol. The molecule has 5 heteroatoms. The summed E-state index contributed by atoms with van der Waals surface area (Å²) < 4.78 is 41.2. The molecule has 106 valence electrons. The van der Waals surface area contributed by atoms with Gasteiger partial charge in [0.25, 0.3) is 0 Å². The number of hydrogen-bond donors (Lipinski definition) is 1. The van der Waals surface area contributed by atoms with E-state index in [1.165, 1.54) is 18.2 Å². The maximum Gasteiger partial charge on any atom is 0.144 e. The van der Waals surface area contributed by atoms with Gasteiger partial charge >= 0.3 is 0 Å². The van der Waals surface area contributed by atoms with E-state index in [1.54, 1.807) is 25.1 Å². The molecule has 0 heterocycles. The Kier molecular flexibility index (Phi) is 4.83. The van der Waals surface area contributed by atoms with Gasteiger partial charge in [-0.05, 0) is 41.1 Å². The minimum Gasteiger partial charge on any atom is -0.306 e. The van der Waals surface area contributed by atoms with Gasteiger partial charge in [0, 0.05) is 23.7 Å². The number of rotatable bonds is 4. The average molecular weight is 344 g/mol. The van der Waals surface area contributed by atoms with Gasteiger partial charge in [-0.25, -0.2) is 13.2 Å². The van der Waals surface area contributed by atoms with Gasteiger partial charge in [0.2, 0.25) is 0 Å².